The van der Waals surface area contributed by atoms with Gasteiger partial charge in [0.15, 0.2) is 5.79 Å². The SMILES string of the molecule is CC[C@@H]1O[C@](O)(CC)[C@@H](C)C[C@@H]1C. The van der Waals surface area contributed by atoms with Gasteiger partial charge in [-0.2, -0.15) is 0 Å². The van der Waals surface area contributed by atoms with Crippen molar-refractivity contribution in [2.24, 2.45) is 11.8 Å². The van der Waals surface area contributed by atoms with Crippen LogP contribution in [0.1, 0.15) is 47.0 Å². The molecular weight excluding hydrogens is 164 g/mol. The molecule has 0 amide bonds. The Balaban J connectivity index is 2.69. The van der Waals surface area contributed by atoms with Gasteiger partial charge in [0, 0.05) is 5.92 Å². The number of rotatable bonds is 2. The van der Waals surface area contributed by atoms with E-state index in [4.69, 9.17) is 4.74 Å². The van der Waals surface area contributed by atoms with E-state index in [1.165, 1.54) is 0 Å². The van der Waals surface area contributed by atoms with Crippen LogP contribution in [0.4, 0.5) is 0 Å². The molecule has 0 unspecified atom stereocenters. The van der Waals surface area contributed by atoms with Crippen LogP contribution < -0.4 is 0 Å². The molecule has 1 aliphatic rings. The maximum absolute atomic E-state index is 10.1. The maximum atomic E-state index is 10.1. The Morgan fingerprint density at radius 3 is 2.46 bits per heavy atom. The summed E-state index contributed by atoms with van der Waals surface area (Å²) in [6.45, 7) is 8.39. The van der Waals surface area contributed by atoms with Crippen LogP contribution >= 0.6 is 0 Å². The summed E-state index contributed by atoms with van der Waals surface area (Å²) >= 11 is 0. The van der Waals surface area contributed by atoms with Crippen molar-refractivity contribution in [2.75, 3.05) is 0 Å². The van der Waals surface area contributed by atoms with Gasteiger partial charge in [-0.25, -0.2) is 0 Å². The zero-order valence-electron chi connectivity index (χ0n) is 9.21. The standard InChI is InChI=1S/C11H22O2/c1-5-10-8(3)7-9(4)11(12,6-2)13-10/h8-10,12H,5-7H2,1-4H3/t8-,9-,10-,11+/m0/s1. The lowest BCUT2D eigenvalue weighted by atomic mass is 9.82. The van der Waals surface area contributed by atoms with Crippen LogP contribution in [0.25, 0.3) is 0 Å². The van der Waals surface area contributed by atoms with E-state index in [1.807, 2.05) is 6.92 Å². The second kappa shape index (κ2) is 3.97. The number of hydrogen-bond donors (Lipinski definition) is 1. The Morgan fingerprint density at radius 1 is 1.38 bits per heavy atom. The molecule has 1 N–H and O–H groups in total. The molecule has 1 heterocycles. The highest BCUT2D eigenvalue weighted by atomic mass is 16.6. The smallest absolute Gasteiger partial charge is 0.168 e. The Hall–Kier alpha value is -0.0800. The second-order valence-corrected chi connectivity index (χ2v) is 4.38. The van der Waals surface area contributed by atoms with Gasteiger partial charge < -0.3 is 9.84 Å². The normalized spacial score (nSPS) is 46.4. The van der Waals surface area contributed by atoms with Gasteiger partial charge in [-0.15, -0.1) is 0 Å². The third-order valence-corrected chi connectivity index (χ3v) is 3.39. The number of aliphatic hydroxyl groups is 1. The van der Waals surface area contributed by atoms with Gasteiger partial charge in [0.05, 0.1) is 6.10 Å². The molecule has 1 rings (SSSR count). The summed E-state index contributed by atoms with van der Waals surface area (Å²) in [6, 6.07) is 0. The maximum Gasteiger partial charge on any atom is 0.168 e. The molecule has 1 aliphatic heterocycles. The fraction of sp³-hybridized carbons (Fsp3) is 1.00. The topological polar surface area (TPSA) is 29.5 Å². The molecule has 0 aromatic carbocycles. The zero-order valence-corrected chi connectivity index (χ0v) is 9.21. The Labute approximate surface area is 81.3 Å². The first-order valence-electron chi connectivity index (χ1n) is 5.43. The highest BCUT2D eigenvalue weighted by Crippen LogP contribution is 2.38. The van der Waals surface area contributed by atoms with Crippen molar-refractivity contribution in [2.45, 2.75) is 58.8 Å². The summed E-state index contributed by atoms with van der Waals surface area (Å²) < 4.78 is 5.75. The van der Waals surface area contributed by atoms with E-state index in [0.29, 0.717) is 12.3 Å². The van der Waals surface area contributed by atoms with Crippen molar-refractivity contribution in [1.29, 1.82) is 0 Å². The highest BCUT2D eigenvalue weighted by Gasteiger charge is 2.42. The van der Waals surface area contributed by atoms with E-state index < -0.39 is 5.79 Å². The summed E-state index contributed by atoms with van der Waals surface area (Å²) in [5.41, 5.74) is 0. The summed E-state index contributed by atoms with van der Waals surface area (Å²) in [6.07, 6.45) is 3.00. The van der Waals surface area contributed by atoms with Gasteiger partial charge in [-0.3, -0.25) is 0 Å². The van der Waals surface area contributed by atoms with Gasteiger partial charge in [-0.05, 0) is 25.2 Å². The first kappa shape index (κ1) is 11.0. The molecule has 2 heteroatoms. The molecule has 78 valence electrons. The van der Waals surface area contributed by atoms with Crippen LogP contribution in [-0.4, -0.2) is 17.0 Å². The summed E-state index contributed by atoms with van der Waals surface area (Å²) in [7, 11) is 0. The monoisotopic (exact) mass is 186 g/mol. The Morgan fingerprint density at radius 2 is 2.00 bits per heavy atom. The summed E-state index contributed by atoms with van der Waals surface area (Å²) in [5, 5.41) is 10.1. The molecule has 0 aliphatic carbocycles. The van der Waals surface area contributed by atoms with Crippen molar-refractivity contribution < 1.29 is 9.84 Å². The molecule has 13 heavy (non-hydrogen) atoms. The van der Waals surface area contributed by atoms with Gasteiger partial charge in [0.1, 0.15) is 0 Å². The molecular formula is C11H22O2. The number of hydrogen-bond acceptors (Lipinski definition) is 2. The molecule has 0 aromatic heterocycles. The minimum absolute atomic E-state index is 0.237. The third kappa shape index (κ3) is 2.05. The molecule has 1 fully saturated rings. The summed E-state index contributed by atoms with van der Waals surface area (Å²) in [5.74, 6) is -0.0326. The van der Waals surface area contributed by atoms with Gasteiger partial charge >= 0.3 is 0 Å². The largest absolute Gasteiger partial charge is 0.365 e. The highest BCUT2D eigenvalue weighted by molar-refractivity contribution is 4.84. The third-order valence-electron chi connectivity index (χ3n) is 3.39. The predicted octanol–water partition coefficient (Wildman–Crippen LogP) is 2.56. The van der Waals surface area contributed by atoms with Crippen molar-refractivity contribution in [3.05, 3.63) is 0 Å². The van der Waals surface area contributed by atoms with Gasteiger partial charge in [0.2, 0.25) is 0 Å². The zero-order chi connectivity index (χ0) is 10.1. The van der Waals surface area contributed by atoms with Crippen LogP contribution in [0, 0.1) is 11.8 Å². The molecule has 1 saturated heterocycles. The van der Waals surface area contributed by atoms with E-state index in [-0.39, 0.29) is 12.0 Å². The van der Waals surface area contributed by atoms with E-state index in [0.717, 1.165) is 12.8 Å². The Kier molecular flexibility index (Phi) is 3.36. The first-order chi connectivity index (χ1) is 6.03. The molecule has 0 bridgehead atoms. The van der Waals surface area contributed by atoms with Crippen LogP contribution in [0.3, 0.4) is 0 Å². The van der Waals surface area contributed by atoms with Crippen molar-refractivity contribution in [1.82, 2.24) is 0 Å². The van der Waals surface area contributed by atoms with E-state index in [2.05, 4.69) is 20.8 Å². The molecule has 0 radical (unpaired) electrons. The molecule has 4 atom stereocenters. The minimum atomic E-state index is -0.868. The van der Waals surface area contributed by atoms with Crippen molar-refractivity contribution >= 4 is 0 Å². The van der Waals surface area contributed by atoms with Crippen LogP contribution in [-0.2, 0) is 4.74 Å². The fourth-order valence-corrected chi connectivity index (χ4v) is 2.31. The van der Waals surface area contributed by atoms with Gasteiger partial charge in [0.25, 0.3) is 0 Å². The predicted molar refractivity (Wildman–Crippen MR) is 53.3 cm³/mol. The Bertz CT molecular complexity index is 169. The van der Waals surface area contributed by atoms with Gasteiger partial charge in [-0.1, -0.05) is 27.7 Å². The fourth-order valence-electron chi connectivity index (χ4n) is 2.31. The average Bonchev–Trinajstić information content (AvgIpc) is 2.11. The quantitative estimate of drug-likeness (QED) is 0.718. The first-order valence-corrected chi connectivity index (χ1v) is 5.43. The lowest BCUT2D eigenvalue weighted by Gasteiger charge is -2.44. The van der Waals surface area contributed by atoms with Crippen LogP contribution in [0.2, 0.25) is 0 Å². The second-order valence-electron chi connectivity index (χ2n) is 4.38. The lowest BCUT2D eigenvalue weighted by molar-refractivity contribution is -0.293. The van der Waals surface area contributed by atoms with E-state index in [1.54, 1.807) is 0 Å². The van der Waals surface area contributed by atoms with E-state index >= 15 is 0 Å². The lowest BCUT2D eigenvalue weighted by Crippen LogP contribution is -2.49. The molecule has 2 nitrogen and oxygen atoms in total. The average molecular weight is 186 g/mol. The number of ether oxygens (including phenoxy) is 1. The van der Waals surface area contributed by atoms with Crippen LogP contribution in [0.15, 0.2) is 0 Å². The summed E-state index contributed by atoms with van der Waals surface area (Å²) in [4.78, 5) is 0. The van der Waals surface area contributed by atoms with Crippen molar-refractivity contribution in [3.63, 3.8) is 0 Å². The van der Waals surface area contributed by atoms with Crippen molar-refractivity contribution in [3.8, 4) is 0 Å². The molecule has 0 saturated carbocycles. The molecule has 0 spiro atoms. The minimum Gasteiger partial charge on any atom is -0.365 e. The van der Waals surface area contributed by atoms with E-state index in [9.17, 15) is 5.11 Å². The van der Waals surface area contributed by atoms with Crippen LogP contribution in [0.5, 0.6) is 0 Å². The molecule has 0 aromatic rings.